The van der Waals surface area contributed by atoms with Gasteiger partial charge in [-0.05, 0) is 24.3 Å². The molecule has 2 heterocycles. The Morgan fingerprint density at radius 3 is 2.90 bits per heavy atom. The van der Waals surface area contributed by atoms with Crippen LogP contribution in [0.2, 0.25) is 0 Å². The zero-order valence-corrected chi connectivity index (χ0v) is 10.6. The van der Waals surface area contributed by atoms with Gasteiger partial charge in [0.15, 0.2) is 5.75 Å². The van der Waals surface area contributed by atoms with Gasteiger partial charge in [-0.25, -0.2) is 4.79 Å². The number of aromatic nitrogens is 1. The van der Waals surface area contributed by atoms with Crippen LogP contribution in [-0.2, 0) is 6.54 Å². The summed E-state index contributed by atoms with van der Waals surface area (Å²) in [6.07, 6.45) is 3.12. The van der Waals surface area contributed by atoms with Crippen molar-refractivity contribution in [2.24, 2.45) is 0 Å². The molecule has 0 aliphatic carbocycles. The molecule has 2 aromatic heterocycles. The highest BCUT2D eigenvalue weighted by molar-refractivity contribution is 5.84. The molecular formula is C14H13NO5. The minimum atomic E-state index is -1.15. The van der Waals surface area contributed by atoms with E-state index in [1.54, 1.807) is 24.4 Å². The van der Waals surface area contributed by atoms with Crippen LogP contribution in [0.25, 0.3) is 0 Å². The van der Waals surface area contributed by atoms with Crippen LogP contribution < -0.4 is 10.3 Å². The lowest BCUT2D eigenvalue weighted by Crippen LogP contribution is -2.21. The summed E-state index contributed by atoms with van der Waals surface area (Å²) in [5.41, 5.74) is -0.317. The Morgan fingerprint density at radius 2 is 2.25 bits per heavy atom. The molecule has 2 aromatic rings. The summed E-state index contributed by atoms with van der Waals surface area (Å²) in [5.74, 6) is -0.721. The zero-order chi connectivity index (χ0) is 14.5. The number of hydrogen-bond donors (Lipinski definition) is 1. The number of ether oxygens (including phenoxy) is 1. The first-order valence-electron chi connectivity index (χ1n) is 5.87. The van der Waals surface area contributed by atoms with Crippen molar-refractivity contribution < 1.29 is 19.1 Å². The second kappa shape index (κ2) is 5.92. The summed E-state index contributed by atoms with van der Waals surface area (Å²) in [6.45, 7) is 3.89. The van der Waals surface area contributed by atoms with Gasteiger partial charge in [0.25, 0.3) is 5.56 Å². The standard InChI is InChI=1S/C14H13NO5/c1-2-8-19-11-4-3-7-15(13(11)16)9-10-5-6-12(20-10)14(17)18/h2-7H,1,8-9H2,(H,17,18). The average molecular weight is 275 g/mol. The van der Waals surface area contributed by atoms with Crippen LogP contribution in [0.15, 0.2) is 52.3 Å². The molecule has 0 atom stereocenters. The molecule has 0 unspecified atom stereocenters. The van der Waals surface area contributed by atoms with Crippen LogP contribution >= 0.6 is 0 Å². The minimum absolute atomic E-state index is 0.136. The predicted octanol–water partition coefficient (Wildman–Crippen LogP) is 1.75. The normalized spacial score (nSPS) is 10.2. The first kappa shape index (κ1) is 13.7. The molecule has 6 nitrogen and oxygen atoms in total. The lowest BCUT2D eigenvalue weighted by Gasteiger charge is -2.06. The van der Waals surface area contributed by atoms with E-state index in [0.29, 0.717) is 5.76 Å². The van der Waals surface area contributed by atoms with Crippen LogP contribution in [0, 0.1) is 0 Å². The molecule has 104 valence electrons. The molecular weight excluding hydrogens is 262 g/mol. The fourth-order valence-corrected chi connectivity index (χ4v) is 1.64. The number of hydrogen-bond acceptors (Lipinski definition) is 4. The van der Waals surface area contributed by atoms with Crippen molar-refractivity contribution >= 4 is 5.97 Å². The van der Waals surface area contributed by atoms with Gasteiger partial charge in [0.1, 0.15) is 12.4 Å². The smallest absolute Gasteiger partial charge is 0.371 e. The maximum Gasteiger partial charge on any atom is 0.371 e. The van der Waals surface area contributed by atoms with Crippen molar-refractivity contribution in [3.63, 3.8) is 0 Å². The van der Waals surface area contributed by atoms with E-state index in [1.807, 2.05) is 0 Å². The van der Waals surface area contributed by atoms with Gasteiger partial charge in [-0.15, -0.1) is 0 Å². The maximum absolute atomic E-state index is 12.1. The summed E-state index contributed by atoms with van der Waals surface area (Å²) < 4.78 is 11.7. The highest BCUT2D eigenvalue weighted by atomic mass is 16.5. The molecule has 0 saturated heterocycles. The van der Waals surface area contributed by atoms with Crippen molar-refractivity contribution in [2.45, 2.75) is 6.54 Å². The highest BCUT2D eigenvalue weighted by Gasteiger charge is 2.10. The van der Waals surface area contributed by atoms with Crippen molar-refractivity contribution in [3.8, 4) is 5.75 Å². The monoisotopic (exact) mass is 275 g/mol. The van der Waals surface area contributed by atoms with E-state index < -0.39 is 5.97 Å². The fraction of sp³-hybridized carbons (Fsp3) is 0.143. The second-order valence-electron chi connectivity index (χ2n) is 3.98. The van der Waals surface area contributed by atoms with Crippen molar-refractivity contribution in [1.82, 2.24) is 4.57 Å². The number of rotatable bonds is 6. The third-order valence-electron chi connectivity index (χ3n) is 2.54. The first-order chi connectivity index (χ1) is 9.61. The van der Waals surface area contributed by atoms with Crippen molar-refractivity contribution in [3.05, 3.63) is 65.0 Å². The largest absolute Gasteiger partial charge is 0.484 e. The van der Waals surface area contributed by atoms with Gasteiger partial charge in [0.05, 0.1) is 6.54 Å². The topological polar surface area (TPSA) is 81.7 Å². The van der Waals surface area contributed by atoms with Crippen molar-refractivity contribution in [1.29, 1.82) is 0 Å². The molecule has 0 bridgehead atoms. The Kier molecular flexibility index (Phi) is 4.05. The van der Waals surface area contributed by atoms with Crippen LogP contribution in [0.5, 0.6) is 5.75 Å². The van der Waals surface area contributed by atoms with E-state index >= 15 is 0 Å². The SMILES string of the molecule is C=CCOc1cccn(Cc2ccc(C(=O)O)o2)c1=O. The second-order valence-corrected chi connectivity index (χ2v) is 3.98. The summed E-state index contributed by atoms with van der Waals surface area (Å²) in [4.78, 5) is 22.8. The predicted molar refractivity (Wildman–Crippen MR) is 71.2 cm³/mol. The number of nitrogens with zero attached hydrogens (tertiary/aromatic N) is 1. The maximum atomic E-state index is 12.1. The quantitative estimate of drug-likeness (QED) is 0.812. The van der Waals surface area contributed by atoms with Gasteiger partial charge >= 0.3 is 5.97 Å². The molecule has 20 heavy (non-hydrogen) atoms. The van der Waals surface area contributed by atoms with Gasteiger partial charge < -0.3 is 18.8 Å². The fourth-order valence-electron chi connectivity index (χ4n) is 1.64. The van der Waals surface area contributed by atoms with Gasteiger partial charge in [-0.3, -0.25) is 4.79 Å². The minimum Gasteiger partial charge on any atom is -0.484 e. The highest BCUT2D eigenvalue weighted by Crippen LogP contribution is 2.10. The van der Waals surface area contributed by atoms with Gasteiger partial charge in [0, 0.05) is 6.20 Å². The third-order valence-corrected chi connectivity index (χ3v) is 2.54. The molecule has 2 rings (SSSR count). The molecule has 1 N–H and O–H groups in total. The molecule has 0 fully saturated rings. The summed E-state index contributed by atoms with van der Waals surface area (Å²) in [7, 11) is 0. The Bertz CT molecular complexity index is 683. The molecule has 6 heteroatoms. The van der Waals surface area contributed by atoms with Crippen LogP contribution in [0.1, 0.15) is 16.3 Å². The van der Waals surface area contributed by atoms with E-state index in [1.165, 1.54) is 16.7 Å². The number of carboxylic acid groups (broad SMARTS) is 1. The molecule has 0 radical (unpaired) electrons. The summed E-state index contributed by atoms with van der Waals surface area (Å²) >= 11 is 0. The van der Waals surface area contributed by atoms with Crippen molar-refractivity contribution in [2.75, 3.05) is 6.61 Å². The lowest BCUT2D eigenvalue weighted by atomic mass is 10.4. The molecule has 0 spiro atoms. The Hall–Kier alpha value is -2.76. The Morgan fingerprint density at radius 1 is 1.45 bits per heavy atom. The van der Waals surface area contributed by atoms with Crippen LogP contribution in [0.3, 0.4) is 0 Å². The van der Waals surface area contributed by atoms with E-state index in [2.05, 4.69) is 6.58 Å². The Labute approximate surface area is 114 Å². The zero-order valence-electron chi connectivity index (χ0n) is 10.6. The van der Waals surface area contributed by atoms with Gasteiger partial charge in [0.2, 0.25) is 5.76 Å². The van der Waals surface area contributed by atoms with E-state index in [4.69, 9.17) is 14.3 Å². The summed E-state index contributed by atoms with van der Waals surface area (Å²) in [6, 6.07) is 6.10. The van der Waals surface area contributed by atoms with Gasteiger partial charge in [-0.1, -0.05) is 12.7 Å². The average Bonchev–Trinajstić information content (AvgIpc) is 2.88. The first-order valence-corrected chi connectivity index (χ1v) is 5.87. The number of carboxylic acids is 1. The van der Waals surface area contributed by atoms with E-state index in [0.717, 1.165) is 0 Å². The Balaban J connectivity index is 2.22. The number of pyridine rings is 1. The number of aromatic carboxylic acids is 1. The summed E-state index contributed by atoms with van der Waals surface area (Å²) in [5, 5.41) is 8.77. The van der Waals surface area contributed by atoms with Gasteiger partial charge in [-0.2, -0.15) is 0 Å². The molecule has 0 aromatic carbocycles. The molecule has 0 amide bonds. The van der Waals surface area contributed by atoms with Crippen LogP contribution in [-0.4, -0.2) is 22.2 Å². The number of carbonyl (C=O) groups is 1. The van der Waals surface area contributed by atoms with E-state index in [9.17, 15) is 9.59 Å². The molecule has 0 saturated carbocycles. The van der Waals surface area contributed by atoms with E-state index in [-0.39, 0.29) is 30.2 Å². The third kappa shape index (κ3) is 2.97. The van der Waals surface area contributed by atoms with Crippen LogP contribution in [0.4, 0.5) is 0 Å². The lowest BCUT2D eigenvalue weighted by molar-refractivity contribution is 0.0660. The molecule has 0 aliphatic rings. The number of furan rings is 1. The molecule has 0 aliphatic heterocycles.